The number of aliphatic hydroxyl groups excluding tert-OH is 1. The molecule has 5 nitrogen and oxygen atoms in total. The third-order valence-electron chi connectivity index (χ3n) is 3.19. The highest BCUT2D eigenvalue weighted by Crippen LogP contribution is 2.25. The van der Waals surface area contributed by atoms with Gasteiger partial charge in [0.05, 0.1) is 18.1 Å². The molecule has 2 amide bonds. The summed E-state index contributed by atoms with van der Waals surface area (Å²) in [4.78, 5) is 25.1. The lowest BCUT2D eigenvalue weighted by atomic mass is 9.93. The molecule has 0 aromatic carbocycles. The molecular formula is C13H21NO4. The van der Waals surface area contributed by atoms with Gasteiger partial charge in [-0.2, -0.15) is 0 Å². The quantitative estimate of drug-likeness (QED) is 0.774. The summed E-state index contributed by atoms with van der Waals surface area (Å²) in [5.74, 6) is -1.09. The number of ether oxygens (including phenoxy) is 1. The van der Waals surface area contributed by atoms with E-state index in [1.807, 2.05) is 13.8 Å². The van der Waals surface area contributed by atoms with E-state index < -0.39 is 24.0 Å². The highest BCUT2D eigenvalue weighted by molar-refractivity contribution is 5.96. The minimum absolute atomic E-state index is 0.111. The maximum atomic E-state index is 12.4. The molecule has 1 fully saturated rings. The van der Waals surface area contributed by atoms with Crippen molar-refractivity contribution in [1.82, 2.24) is 4.90 Å². The number of hydrogen-bond acceptors (Lipinski definition) is 4. The Morgan fingerprint density at radius 1 is 1.50 bits per heavy atom. The molecule has 1 heterocycles. The molecule has 1 N–H and O–H groups in total. The summed E-state index contributed by atoms with van der Waals surface area (Å²) < 4.78 is 4.93. The van der Waals surface area contributed by atoms with Crippen LogP contribution in [0.5, 0.6) is 0 Å². The number of rotatable bonds is 4. The summed E-state index contributed by atoms with van der Waals surface area (Å²) >= 11 is 0. The average molecular weight is 255 g/mol. The number of hydrogen-bond donors (Lipinski definition) is 1. The molecule has 0 unspecified atom stereocenters. The number of carbonyl (C=O) groups is 2. The minimum atomic E-state index is -0.879. The largest absolute Gasteiger partial charge is 0.447 e. The predicted octanol–water partition coefficient (Wildman–Crippen LogP) is 1.56. The van der Waals surface area contributed by atoms with E-state index in [1.54, 1.807) is 6.92 Å². The van der Waals surface area contributed by atoms with Crippen LogP contribution in [0.3, 0.4) is 0 Å². The molecule has 1 rings (SSSR count). The SMILES string of the molecule is C=C(C)[C@H](C(=O)N1C(=O)OC[C@@H]1C(C)C)[C@@H](C)O. The van der Waals surface area contributed by atoms with Gasteiger partial charge in [-0.1, -0.05) is 26.0 Å². The fourth-order valence-corrected chi connectivity index (χ4v) is 2.16. The standard InChI is InChI=1S/C13H21NO4/c1-7(2)10-6-18-13(17)14(10)12(16)11(8(3)4)9(5)15/h7,9-11,15H,3,6H2,1-2,4-5H3/t9-,10-,11+/m1/s1. The van der Waals surface area contributed by atoms with Gasteiger partial charge in [0.2, 0.25) is 5.91 Å². The van der Waals surface area contributed by atoms with Gasteiger partial charge in [0, 0.05) is 0 Å². The van der Waals surface area contributed by atoms with Gasteiger partial charge in [-0.3, -0.25) is 4.79 Å². The molecule has 18 heavy (non-hydrogen) atoms. The number of aliphatic hydroxyl groups is 1. The van der Waals surface area contributed by atoms with Crippen LogP contribution < -0.4 is 0 Å². The van der Waals surface area contributed by atoms with Crippen molar-refractivity contribution in [3.05, 3.63) is 12.2 Å². The second-order valence-corrected chi connectivity index (χ2v) is 5.16. The summed E-state index contributed by atoms with van der Waals surface area (Å²) in [6.45, 7) is 10.9. The first kappa shape index (κ1) is 14.7. The Bertz CT molecular complexity index is 362. The van der Waals surface area contributed by atoms with Crippen LogP contribution in [0.1, 0.15) is 27.7 Å². The van der Waals surface area contributed by atoms with Gasteiger partial charge in [-0.25, -0.2) is 9.69 Å². The van der Waals surface area contributed by atoms with E-state index in [4.69, 9.17) is 4.74 Å². The van der Waals surface area contributed by atoms with Crippen molar-refractivity contribution in [2.45, 2.75) is 39.8 Å². The Morgan fingerprint density at radius 3 is 2.44 bits per heavy atom. The van der Waals surface area contributed by atoms with Crippen molar-refractivity contribution < 1.29 is 19.4 Å². The van der Waals surface area contributed by atoms with Gasteiger partial charge >= 0.3 is 6.09 Å². The highest BCUT2D eigenvalue weighted by atomic mass is 16.6. The zero-order valence-electron chi connectivity index (χ0n) is 11.3. The van der Waals surface area contributed by atoms with Gasteiger partial charge in [0.1, 0.15) is 6.61 Å². The number of cyclic esters (lactones) is 1. The van der Waals surface area contributed by atoms with Crippen LogP contribution in [0.15, 0.2) is 12.2 Å². The smallest absolute Gasteiger partial charge is 0.417 e. The first-order valence-corrected chi connectivity index (χ1v) is 6.10. The maximum Gasteiger partial charge on any atom is 0.417 e. The van der Waals surface area contributed by atoms with Crippen LogP contribution in [0.25, 0.3) is 0 Å². The second-order valence-electron chi connectivity index (χ2n) is 5.16. The molecule has 0 saturated carbocycles. The van der Waals surface area contributed by atoms with E-state index in [0.717, 1.165) is 4.90 Å². The lowest BCUT2D eigenvalue weighted by Crippen LogP contribution is -2.47. The zero-order valence-corrected chi connectivity index (χ0v) is 11.3. The summed E-state index contributed by atoms with van der Waals surface area (Å²) in [5, 5.41) is 9.66. The molecule has 0 bridgehead atoms. The van der Waals surface area contributed by atoms with Crippen molar-refractivity contribution in [3.8, 4) is 0 Å². The molecule has 3 atom stereocenters. The molecule has 1 saturated heterocycles. The fourth-order valence-electron chi connectivity index (χ4n) is 2.16. The molecule has 0 aromatic heterocycles. The Hall–Kier alpha value is -1.36. The first-order valence-electron chi connectivity index (χ1n) is 6.10. The second kappa shape index (κ2) is 5.52. The molecule has 1 aliphatic heterocycles. The van der Waals surface area contributed by atoms with Crippen molar-refractivity contribution in [2.24, 2.45) is 11.8 Å². The summed E-state index contributed by atoms with van der Waals surface area (Å²) in [5.41, 5.74) is 0.539. The Labute approximate surface area is 107 Å². The lowest BCUT2D eigenvalue weighted by molar-refractivity contribution is -0.135. The number of amides is 2. The van der Waals surface area contributed by atoms with Crippen molar-refractivity contribution >= 4 is 12.0 Å². The maximum absolute atomic E-state index is 12.4. The Kier molecular flexibility index (Phi) is 4.51. The molecule has 5 heteroatoms. The van der Waals surface area contributed by atoms with Gasteiger partial charge in [0.25, 0.3) is 0 Å². The van der Waals surface area contributed by atoms with E-state index >= 15 is 0 Å². The van der Waals surface area contributed by atoms with Crippen LogP contribution in [0.2, 0.25) is 0 Å². The topological polar surface area (TPSA) is 66.8 Å². The third kappa shape index (κ3) is 2.72. The molecular weight excluding hydrogens is 234 g/mol. The fraction of sp³-hybridized carbons (Fsp3) is 0.692. The molecule has 1 aliphatic rings. The zero-order chi connectivity index (χ0) is 14.0. The van der Waals surface area contributed by atoms with E-state index in [-0.39, 0.29) is 18.6 Å². The van der Waals surface area contributed by atoms with Gasteiger partial charge in [-0.15, -0.1) is 0 Å². The Morgan fingerprint density at radius 2 is 2.06 bits per heavy atom. The van der Waals surface area contributed by atoms with Gasteiger partial charge in [-0.05, 0) is 19.8 Å². The molecule has 0 aromatic rings. The lowest BCUT2D eigenvalue weighted by Gasteiger charge is -2.28. The molecule has 102 valence electrons. The summed E-state index contributed by atoms with van der Waals surface area (Å²) in [6, 6.07) is -0.273. The van der Waals surface area contributed by atoms with Crippen molar-refractivity contribution in [2.75, 3.05) is 6.61 Å². The molecule has 0 spiro atoms. The Balaban J connectivity index is 2.99. The molecule has 0 aliphatic carbocycles. The first-order chi connectivity index (χ1) is 8.27. The van der Waals surface area contributed by atoms with Gasteiger partial charge < -0.3 is 9.84 Å². The number of imide groups is 1. The minimum Gasteiger partial charge on any atom is -0.447 e. The van der Waals surface area contributed by atoms with Crippen molar-refractivity contribution in [3.63, 3.8) is 0 Å². The monoisotopic (exact) mass is 255 g/mol. The van der Waals surface area contributed by atoms with Crippen LogP contribution in [-0.4, -0.2) is 40.8 Å². The number of nitrogens with zero attached hydrogens (tertiary/aromatic N) is 1. The van der Waals surface area contributed by atoms with E-state index in [0.29, 0.717) is 5.57 Å². The highest BCUT2D eigenvalue weighted by Gasteiger charge is 2.43. The van der Waals surface area contributed by atoms with Crippen LogP contribution in [0, 0.1) is 11.8 Å². The van der Waals surface area contributed by atoms with E-state index in [9.17, 15) is 14.7 Å². The number of carbonyl (C=O) groups excluding carboxylic acids is 2. The van der Waals surface area contributed by atoms with Crippen molar-refractivity contribution in [1.29, 1.82) is 0 Å². The third-order valence-corrected chi connectivity index (χ3v) is 3.19. The van der Waals surface area contributed by atoms with Gasteiger partial charge in [0.15, 0.2) is 0 Å². The van der Waals surface area contributed by atoms with Crippen LogP contribution >= 0.6 is 0 Å². The van der Waals surface area contributed by atoms with Crippen LogP contribution in [0.4, 0.5) is 4.79 Å². The summed E-state index contributed by atoms with van der Waals surface area (Å²) in [7, 11) is 0. The van der Waals surface area contributed by atoms with Crippen LogP contribution in [-0.2, 0) is 9.53 Å². The predicted molar refractivity (Wildman–Crippen MR) is 66.8 cm³/mol. The average Bonchev–Trinajstić information content (AvgIpc) is 2.58. The van der Waals surface area contributed by atoms with E-state index in [1.165, 1.54) is 6.92 Å². The summed E-state index contributed by atoms with van der Waals surface area (Å²) in [6.07, 6.45) is -1.51. The normalized spacial score (nSPS) is 22.9. The molecule has 0 radical (unpaired) electrons. The van der Waals surface area contributed by atoms with E-state index in [2.05, 4.69) is 6.58 Å².